The van der Waals surface area contributed by atoms with E-state index >= 15 is 0 Å². The summed E-state index contributed by atoms with van der Waals surface area (Å²) >= 11 is 0. The van der Waals surface area contributed by atoms with Crippen molar-refractivity contribution in [3.05, 3.63) is 45.9 Å². The van der Waals surface area contributed by atoms with Crippen molar-refractivity contribution in [2.24, 2.45) is 0 Å². The van der Waals surface area contributed by atoms with E-state index in [0.717, 1.165) is 67.8 Å². The summed E-state index contributed by atoms with van der Waals surface area (Å²) in [5, 5.41) is 4.15. The highest BCUT2D eigenvalue weighted by Crippen LogP contribution is 2.39. The van der Waals surface area contributed by atoms with Crippen molar-refractivity contribution in [2.45, 2.75) is 70.5 Å². The van der Waals surface area contributed by atoms with Crippen LogP contribution in [-0.2, 0) is 0 Å². The average molecular weight is 572 g/mol. The first-order valence-corrected chi connectivity index (χ1v) is 15.5. The Morgan fingerprint density at radius 2 is 1.81 bits per heavy atom. The fourth-order valence-corrected chi connectivity index (χ4v) is 7.60. The summed E-state index contributed by atoms with van der Waals surface area (Å²) < 4.78 is 7.99. The number of aromatic nitrogens is 3. The van der Waals surface area contributed by atoms with Crippen molar-refractivity contribution in [2.75, 3.05) is 56.6 Å². The van der Waals surface area contributed by atoms with Crippen molar-refractivity contribution < 1.29 is 9.53 Å². The molecule has 0 radical (unpaired) electrons. The summed E-state index contributed by atoms with van der Waals surface area (Å²) in [6, 6.07) is 7.20. The fourth-order valence-electron chi connectivity index (χ4n) is 7.60. The number of ketones is 1. The van der Waals surface area contributed by atoms with Gasteiger partial charge in [-0.15, -0.1) is 0 Å². The second-order valence-corrected chi connectivity index (χ2v) is 12.6. The van der Waals surface area contributed by atoms with E-state index in [1.165, 1.54) is 32.9 Å². The summed E-state index contributed by atoms with van der Waals surface area (Å²) in [5.41, 5.74) is 3.24. The molecule has 42 heavy (non-hydrogen) atoms. The molecule has 2 saturated heterocycles. The van der Waals surface area contributed by atoms with Gasteiger partial charge in [0.05, 0.1) is 17.3 Å². The van der Waals surface area contributed by atoms with Gasteiger partial charge in [0, 0.05) is 49.0 Å². The van der Waals surface area contributed by atoms with Crippen LogP contribution in [0.15, 0.2) is 29.2 Å². The predicted octanol–water partition coefficient (Wildman–Crippen LogP) is 4.14. The molecule has 0 bridgehead atoms. The van der Waals surface area contributed by atoms with Gasteiger partial charge >= 0.3 is 0 Å². The lowest BCUT2D eigenvalue weighted by atomic mass is 10.00. The number of piperidine rings is 1. The van der Waals surface area contributed by atoms with E-state index in [2.05, 4.69) is 38.1 Å². The second-order valence-electron chi connectivity index (χ2n) is 12.6. The monoisotopic (exact) mass is 571 g/mol. The maximum absolute atomic E-state index is 13.6. The third-order valence-electron chi connectivity index (χ3n) is 9.92. The molecule has 7 rings (SSSR count). The Kier molecular flexibility index (Phi) is 7.14. The molecule has 3 aromatic rings. The first-order valence-electron chi connectivity index (χ1n) is 15.5. The first-order chi connectivity index (χ1) is 20.4. The number of anilines is 3. The van der Waals surface area contributed by atoms with E-state index in [4.69, 9.17) is 9.72 Å². The summed E-state index contributed by atoms with van der Waals surface area (Å²) in [5.74, 6) is 1.13. The molecule has 1 aliphatic carbocycles. The van der Waals surface area contributed by atoms with Crippen LogP contribution >= 0.6 is 0 Å². The number of piperazine rings is 1. The summed E-state index contributed by atoms with van der Waals surface area (Å²) in [7, 11) is 2.22. The van der Waals surface area contributed by atoms with Gasteiger partial charge in [-0.05, 0) is 83.4 Å². The topological polar surface area (TPSA) is 95.8 Å². The number of hydrogen-bond acceptors (Lipinski definition) is 9. The molecule has 222 valence electrons. The Hall–Kier alpha value is -3.50. The Balaban J connectivity index is 1.16. The number of aryl methyl sites for hydroxylation is 1. The minimum Gasteiger partial charge on any atom is -0.489 e. The summed E-state index contributed by atoms with van der Waals surface area (Å²) in [6.07, 6.45) is 8.20. The molecular weight excluding hydrogens is 530 g/mol. The third-order valence-corrected chi connectivity index (χ3v) is 9.92. The number of carbonyl (C=O) groups is 1. The van der Waals surface area contributed by atoms with Gasteiger partial charge in [0.25, 0.3) is 5.56 Å². The van der Waals surface area contributed by atoms with E-state index in [1.807, 2.05) is 19.1 Å². The van der Waals surface area contributed by atoms with Crippen LogP contribution < -0.4 is 20.5 Å². The van der Waals surface area contributed by atoms with Crippen molar-refractivity contribution >= 4 is 34.1 Å². The number of likely N-dealkylation sites (tertiary alicyclic amines) is 1. The van der Waals surface area contributed by atoms with Gasteiger partial charge in [-0.1, -0.05) is 12.8 Å². The minimum absolute atomic E-state index is 0.0486. The minimum atomic E-state index is -0.236. The van der Waals surface area contributed by atoms with E-state index in [9.17, 15) is 9.59 Å². The van der Waals surface area contributed by atoms with Crippen molar-refractivity contribution in [1.82, 2.24) is 24.3 Å². The second kappa shape index (κ2) is 11.0. The molecule has 10 nitrogen and oxygen atoms in total. The maximum atomic E-state index is 13.6. The lowest BCUT2D eigenvalue weighted by Crippen LogP contribution is -2.60. The SMILES string of the molecule is CC(=O)c1c(C)c2cnc(Nc3ccc4c(c3)N3CCN(C5CCN(C)CC5)C[C@@H]3CO4)nc2n(C2CCCC2)c1=O. The van der Waals surface area contributed by atoms with Crippen molar-refractivity contribution in [3.63, 3.8) is 0 Å². The van der Waals surface area contributed by atoms with Gasteiger partial charge in [0.15, 0.2) is 5.78 Å². The first kappa shape index (κ1) is 27.3. The number of hydrogen-bond donors (Lipinski definition) is 1. The quantitative estimate of drug-likeness (QED) is 0.454. The van der Waals surface area contributed by atoms with Crippen LogP contribution in [0.2, 0.25) is 0 Å². The molecule has 1 N–H and O–H groups in total. The molecule has 0 spiro atoms. The van der Waals surface area contributed by atoms with E-state index in [1.54, 1.807) is 10.8 Å². The van der Waals surface area contributed by atoms with E-state index in [0.29, 0.717) is 35.8 Å². The van der Waals surface area contributed by atoms with Crippen LogP contribution in [0.1, 0.15) is 67.4 Å². The zero-order chi connectivity index (χ0) is 29.0. The largest absolute Gasteiger partial charge is 0.489 e. The predicted molar refractivity (Wildman–Crippen MR) is 164 cm³/mol. The van der Waals surface area contributed by atoms with Crippen LogP contribution in [0.3, 0.4) is 0 Å². The normalized spacial score (nSPS) is 22.2. The van der Waals surface area contributed by atoms with Gasteiger partial charge in [-0.2, -0.15) is 4.98 Å². The van der Waals surface area contributed by atoms with Crippen LogP contribution in [-0.4, -0.2) is 88.6 Å². The lowest BCUT2D eigenvalue weighted by Gasteiger charge is -2.48. The van der Waals surface area contributed by atoms with Crippen LogP contribution in [0.4, 0.5) is 17.3 Å². The average Bonchev–Trinajstić information content (AvgIpc) is 3.51. The van der Waals surface area contributed by atoms with Gasteiger partial charge < -0.3 is 19.9 Å². The van der Waals surface area contributed by atoms with Crippen molar-refractivity contribution in [3.8, 4) is 5.75 Å². The molecule has 1 saturated carbocycles. The van der Waals surface area contributed by atoms with Crippen LogP contribution in [0, 0.1) is 6.92 Å². The number of ether oxygens (including phenoxy) is 1. The third kappa shape index (κ3) is 4.84. The lowest BCUT2D eigenvalue weighted by molar-refractivity contribution is 0.0868. The van der Waals surface area contributed by atoms with Crippen LogP contribution in [0.25, 0.3) is 11.0 Å². The standard InChI is InChI=1S/C32H41N7O3/c1-20-26-17-33-32(35-30(26)39(24-6-4-5-7-24)31(41)29(20)21(2)40)34-22-8-9-28-27(16-22)38-15-14-37(18-25(38)19-42-28)23-10-12-36(3)13-11-23/h8-9,16-17,23-25H,4-7,10-15,18-19H2,1-3H3,(H,33,34,35)/t25-/m1/s1. The molecule has 2 aromatic heterocycles. The summed E-state index contributed by atoms with van der Waals surface area (Å²) in [6.45, 7) is 9.41. The molecule has 1 aromatic carbocycles. The molecule has 3 fully saturated rings. The molecule has 0 amide bonds. The number of Topliss-reactive ketones (excluding diaryl/α,β-unsaturated/α-hetero) is 1. The Morgan fingerprint density at radius 1 is 1.02 bits per heavy atom. The highest BCUT2D eigenvalue weighted by atomic mass is 16.5. The molecule has 3 aliphatic heterocycles. The van der Waals surface area contributed by atoms with Crippen molar-refractivity contribution in [1.29, 1.82) is 0 Å². The van der Waals surface area contributed by atoms with E-state index < -0.39 is 0 Å². The Bertz CT molecular complexity index is 1570. The van der Waals surface area contributed by atoms with Gasteiger partial charge in [-0.25, -0.2) is 4.98 Å². The molecule has 0 unspecified atom stereocenters. The fraction of sp³-hybridized carbons (Fsp3) is 0.562. The molecule has 10 heteroatoms. The van der Waals surface area contributed by atoms with E-state index in [-0.39, 0.29) is 22.9 Å². The Labute approximate surface area is 246 Å². The number of pyridine rings is 1. The smallest absolute Gasteiger partial charge is 0.263 e. The zero-order valence-electron chi connectivity index (χ0n) is 24.9. The number of nitrogens with zero attached hydrogens (tertiary/aromatic N) is 6. The maximum Gasteiger partial charge on any atom is 0.263 e. The number of carbonyl (C=O) groups excluding carboxylic acids is 1. The number of fused-ring (bicyclic) bond motifs is 4. The number of benzene rings is 1. The van der Waals surface area contributed by atoms with Gasteiger partial charge in [-0.3, -0.25) is 19.1 Å². The molecule has 1 atom stereocenters. The number of rotatable bonds is 5. The number of nitrogens with one attached hydrogen (secondary N) is 1. The van der Waals surface area contributed by atoms with Gasteiger partial charge in [0.2, 0.25) is 5.95 Å². The van der Waals surface area contributed by atoms with Gasteiger partial charge in [0.1, 0.15) is 18.0 Å². The highest BCUT2D eigenvalue weighted by molar-refractivity contribution is 5.99. The Morgan fingerprint density at radius 3 is 2.57 bits per heavy atom. The van der Waals surface area contributed by atoms with Crippen LogP contribution in [0.5, 0.6) is 5.75 Å². The molecular formula is C32H41N7O3. The summed E-state index contributed by atoms with van der Waals surface area (Å²) in [4.78, 5) is 43.1. The molecule has 5 heterocycles. The zero-order valence-corrected chi connectivity index (χ0v) is 24.9. The highest BCUT2D eigenvalue weighted by Gasteiger charge is 2.36. The molecule has 4 aliphatic rings.